The first-order valence-electron chi connectivity index (χ1n) is 6.83. The van der Waals surface area contributed by atoms with Crippen molar-refractivity contribution in [3.05, 3.63) is 58.2 Å². The van der Waals surface area contributed by atoms with Gasteiger partial charge in [-0.15, -0.1) is 23.1 Å². The maximum atomic E-state index is 12.0. The van der Waals surface area contributed by atoms with Gasteiger partial charge in [-0.05, 0) is 40.2 Å². The maximum absolute atomic E-state index is 12.0. The van der Waals surface area contributed by atoms with E-state index in [1.807, 2.05) is 41.8 Å². The molecule has 2 heterocycles. The first kappa shape index (κ1) is 16.3. The summed E-state index contributed by atoms with van der Waals surface area (Å²) >= 11 is 6.49. The number of hydrogen-bond acceptors (Lipinski definition) is 5. The molecule has 23 heavy (non-hydrogen) atoms. The molecular weight excluding hydrogens is 396 g/mol. The molecule has 4 nitrogen and oxygen atoms in total. The quantitative estimate of drug-likeness (QED) is 0.620. The lowest BCUT2D eigenvalue weighted by molar-refractivity contribution is -0.113. The second kappa shape index (κ2) is 7.81. The van der Waals surface area contributed by atoms with E-state index in [1.165, 1.54) is 11.8 Å². The minimum Gasteiger partial charge on any atom is -0.462 e. The molecule has 1 N–H and O–H groups in total. The standard InChI is InChI=1S/C16H13BrN2O2S2/c17-12-4-1-2-5-13(12)19-15(20)10-22-8-11-9-23-16(18-11)14-6-3-7-21-14/h1-7,9H,8,10H2,(H,19,20). The van der Waals surface area contributed by atoms with Gasteiger partial charge in [0, 0.05) is 15.6 Å². The van der Waals surface area contributed by atoms with Crippen molar-refractivity contribution < 1.29 is 9.21 Å². The van der Waals surface area contributed by atoms with Crippen molar-refractivity contribution in [3.8, 4) is 10.8 Å². The van der Waals surface area contributed by atoms with Crippen molar-refractivity contribution in [2.75, 3.05) is 11.1 Å². The predicted molar refractivity (Wildman–Crippen MR) is 98.7 cm³/mol. The lowest BCUT2D eigenvalue weighted by Crippen LogP contribution is -2.14. The van der Waals surface area contributed by atoms with E-state index in [4.69, 9.17) is 4.42 Å². The van der Waals surface area contributed by atoms with Gasteiger partial charge in [0.2, 0.25) is 5.91 Å². The molecule has 0 spiro atoms. The van der Waals surface area contributed by atoms with E-state index in [2.05, 4.69) is 26.2 Å². The van der Waals surface area contributed by atoms with Crippen LogP contribution in [0.2, 0.25) is 0 Å². The number of thioether (sulfide) groups is 1. The molecule has 7 heteroatoms. The van der Waals surface area contributed by atoms with E-state index in [1.54, 1.807) is 17.6 Å². The van der Waals surface area contributed by atoms with Crippen LogP contribution in [0.1, 0.15) is 5.69 Å². The van der Waals surface area contributed by atoms with Crippen LogP contribution in [0.15, 0.2) is 56.9 Å². The number of carbonyl (C=O) groups excluding carboxylic acids is 1. The van der Waals surface area contributed by atoms with Crippen molar-refractivity contribution >= 4 is 50.6 Å². The highest BCUT2D eigenvalue weighted by Gasteiger charge is 2.09. The molecule has 2 aromatic heterocycles. The van der Waals surface area contributed by atoms with Gasteiger partial charge in [0.25, 0.3) is 0 Å². The monoisotopic (exact) mass is 408 g/mol. The Hall–Kier alpha value is -1.57. The van der Waals surface area contributed by atoms with Crippen LogP contribution in [0.3, 0.4) is 0 Å². The molecule has 0 bridgehead atoms. The van der Waals surface area contributed by atoms with Crippen LogP contribution in [0.4, 0.5) is 5.69 Å². The molecular formula is C16H13BrN2O2S2. The number of furan rings is 1. The summed E-state index contributed by atoms with van der Waals surface area (Å²) in [6.45, 7) is 0. The van der Waals surface area contributed by atoms with Gasteiger partial charge in [-0.2, -0.15) is 0 Å². The summed E-state index contributed by atoms with van der Waals surface area (Å²) in [6, 6.07) is 11.3. The van der Waals surface area contributed by atoms with Crippen LogP contribution in [-0.2, 0) is 10.5 Å². The second-order valence-corrected chi connectivity index (χ2v) is 7.34. The molecule has 1 aromatic carbocycles. The average molecular weight is 409 g/mol. The third-order valence-electron chi connectivity index (χ3n) is 2.91. The number of para-hydroxylation sites is 1. The van der Waals surface area contributed by atoms with Gasteiger partial charge >= 0.3 is 0 Å². The van der Waals surface area contributed by atoms with Crippen LogP contribution in [0.5, 0.6) is 0 Å². The van der Waals surface area contributed by atoms with Gasteiger partial charge in [0.05, 0.1) is 23.4 Å². The number of nitrogens with one attached hydrogen (secondary N) is 1. The highest BCUT2D eigenvalue weighted by atomic mass is 79.9. The highest BCUT2D eigenvalue weighted by Crippen LogP contribution is 2.26. The number of hydrogen-bond donors (Lipinski definition) is 1. The van der Waals surface area contributed by atoms with E-state index in [0.717, 1.165) is 26.6 Å². The van der Waals surface area contributed by atoms with E-state index in [-0.39, 0.29) is 5.91 Å². The van der Waals surface area contributed by atoms with Crippen LogP contribution in [0, 0.1) is 0 Å². The van der Waals surface area contributed by atoms with E-state index < -0.39 is 0 Å². The molecule has 0 aliphatic heterocycles. The molecule has 0 radical (unpaired) electrons. The predicted octanol–water partition coefficient (Wildman–Crippen LogP) is 5.04. The van der Waals surface area contributed by atoms with Gasteiger partial charge in [-0.25, -0.2) is 4.98 Å². The molecule has 3 aromatic rings. The van der Waals surface area contributed by atoms with Crippen molar-refractivity contribution in [2.45, 2.75) is 5.75 Å². The first-order valence-corrected chi connectivity index (χ1v) is 9.65. The average Bonchev–Trinajstić information content (AvgIpc) is 3.20. The Kier molecular flexibility index (Phi) is 5.53. The summed E-state index contributed by atoms with van der Waals surface area (Å²) in [7, 11) is 0. The number of amides is 1. The van der Waals surface area contributed by atoms with Crippen molar-refractivity contribution in [2.24, 2.45) is 0 Å². The molecule has 0 saturated heterocycles. The third-order valence-corrected chi connectivity index (χ3v) is 5.48. The fourth-order valence-electron chi connectivity index (χ4n) is 1.88. The summed E-state index contributed by atoms with van der Waals surface area (Å²) in [6.07, 6.45) is 1.64. The number of thiazole rings is 1. The van der Waals surface area contributed by atoms with Gasteiger partial charge < -0.3 is 9.73 Å². The molecule has 0 atom stereocenters. The van der Waals surface area contributed by atoms with Crippen LogP contribution in [-0.4, -0.2) is 16.6 Å². The maximum Gasteiger partial charge on any atom is 0.234 e. The Labute approximate surface area is 150 Å². The molecule has 118 valence electrons. The molecule has 0 saturated carbocycles. The summed E-state index contributed by atoms with van der Waals surface area (Å²) in [5.74, 6) is 1.83. The molecule has 3 rings (SSSR count). The summed E-state index contributed by atoms with van der Waals surface area (Å²) in [5.41, 5.74) is 1.74. The lowest BCUT2D eigenvalue weighted by Gasteiger charge is -2.06. The van der Waals surface area contributed by atoms with Gasteiger partial charge in [0.15, 0.2) is 10.8 Å². The molecule has 0 fully saturated rings. The molecule has 0 aliphatic rings. The zero-order valence-corrected chi connectivity index (χ0v) is 15.2. The molecule has 1 amide bonds. The largest absolute Gasteiger partial charge is 0.462 e. The first-order chi connectivity index (χ1) is 11.2. The van der Waals surface area contributed by atoms with E-state index >= 15 is 0 Å². The number of benzene rings is 1. The third kappa shape index (κ3) is 4.46. The van der Waals surface area contributed by atoms with Gasteiger partial charge in [-0.1, -0.05) is 12.1 Å². The molecule has 0 unspecified atom stereocenters. The Morgan fingerprint density at radius 2 is 2.17 bits per heavy atom. The fourth-order valence-corrected chi connectivity index (χ4v) is 3.88. The zero-order chi connectivity index (χ0) is 16.1. The summed E-state index contributed by atoms with van der Waals surface area (Å²) < 4.78 is 6.20. The van der Waals surface area contributed by atoms with Crippen LogP contribution in [0.25, 0.3) is 10.8 Å². The van der Waals surface area contributed by atoms with E-state index in [9.17, 15) is 4.79 Å². The normalized spacial score (nSPS) is 10.7. The number of nitrogens with zero attached hydrogens (tertiary/aromatic N) is 1. The Morgan fingerprint density at radius 3 is 2.96 bits per heavy atom. The number of aromatic nitrogens is 1. The lowest BCUT2D eigenvalue weighted by atomic mass is 10.3. The van der Waals surface area contributed by atoms with E-state index in [0.29, 0.717) is 11.5 Å². The Balaban J connectivity index is 1.48. The van der Waals surface area contributed by atoms with Crippen molar-refractivity contribution in [1.82, 2.24) is 4.98 Å². The minimum absolute atomic E-state index is 0.0246. The SMILES string of the molecule is O=C(CSCc1csc(-c2ccco2)n1)Nc1ccccc1Br. The van der Waals surface area contributed by atoms with Crippen LogP contribution < -0.4 is 5.32 Å². The number of anilines is 1. The number of rotatable bonds is 6. The van der Waals surface area contributed by atoms with Gasteiger partial charge in [-0.3, -0.25) is 4.79 Å². The van der Waals surface area contributed by atoms with Crippen molar-refractivity contribution in [3.63, 3.8) is 0 Å². The summed E-state index contributed by atoms with van der Waals surface area (Å²) in [5, 5.41) is 5.75. The number of halogens is 1. The smallest absolute Gasteiger partial charge is 0.234 e. The number of carbonyl (C=O) groups is 1. The topological polar surface area (TPSA) is 55.1 Å². The minimum atomic E-state index is -0.0246. The zero-order valence-electron chi connectivity index (χ0n) is 12.0. The van der Waals surface area contributed by atoms with Crippen molar-refractivity contribution in [1.29, 1.82) is 0 Å². The Morgan fingerprint density at radius 1 is 1.30 bits per heavy atom. The molecule has 0 aliphatic carbocycles. The highest BCUT2D eigenvalue weighted by molar-refractivity contribution is 9.10. The fraction of sp³-hybridized carbons (Fsp3) is 0.125. The second-order valence-electron chi connectivity index (χ2n) is 4.64. The summed E-state index contributed by atoms with van der Waals surface area (Å²) in [4.78, 5) is 16.5. The Bertz CT molecular complexity index is 787. The van der Waals surface area contributed by atoms with Crippen LogP contribution >= 0.6 is 39.0 Å². The van der Waals surface area contributed by atoms with Gasteiger partial charge in [0.1, 0.15) is 0 Å².